The molecule has 3 atom stereocenters. The smallest absolute Gasteiger partial charge is 0.146 e. The van der Waals surface area contributed by atoms with Crippen LogP contribution in [0.2, 0.25) is 0 Å². The molecule has 0 radical (unpaired) electrons. The summed E-state index contributed by atoms with van der Waals surface area (Å²) in [6, 6.07) is -0.388. The summed E-state index contributed by atoms with van der Waals surface area (Å²) in [6.07, 6.45) is 5.88. The van der Waals surface area contributed by atoms with Crippen molar-refractivity contribution in [3.8, 4) is 0 Å². The Balaban J connectivity index is 2.98. The van der Waals surface area contributed by atoms with Crippen LogP contribution in [0.1, 0.15) is 27.2 Å². The van der Waals surface area contributed by atoms with Gasteiger partial charge in [-0.1, -0.05) is 24.8 Å². The highest BCUT2D eigenvalue weighted by Crippen LogP contribution is 2.28. The van der Waals surface area contributed by atoms with E-state index in [0.29, 0.717) is 18.7 Å². The van der Waals surface area contributed by atoms with Crippen molar-refractivity contribution in [2.24, 2.45) is 0 Å². The number of ketones is 1. The van der Waals surface area contributed by atoms with Gasteiger partial charge in [0, 0.05) is 29.6 Å². The highest BCUT2D eigenvalue weighted by molar-refractivity contribution is 7.76. The molecule has 1 rings (SSSR count). The monoisotopic (exact) mass is 297 g/mol. The standard InChI is InChI=1S/C14H22N2O3S/c1-5-7-12-8-13(15-10(3)11(4)17)9-16(20(18)19)14(12)6-2/h5-7,10,13,15H,1,8-9H2,2-4H3,(H,18,19)/p-1/b12-7-,14-6+/t10?,13-/m1/s1. The first-order chi connectivity index (χ1) is 9.40. The van der Waals surface area contributed by atoms with E-state index in [1.807, 2.05) is 6.08 Å². The lowest BCUT2D eigenvalue weighted by Crippen LogP contribution is -2.50. The molecule has 1 saturated heterocycles. The van der Waals surface area contributed by atoms with Gasteiger partial charge >= 0.3 is 0 Å². The second-order valence-electron chi connectivity index (χ2n) is 4.78. The van der Waals surface area contributed by atoms with E-state index < -0.39 is 11.3 Å². The zero-order chi connectivity index (χ0) is 15.3. The molecule has 0 aliphatic carbocycles. The van der Waals surface area contributed by atoms with Crippen molar-refractivity contribution in [1.29, 1.82) is 0 Å². The van der Waals surface area contributed by atoms with Crippen LogP contribution >= 0.6 is 0 Å². The van der Waals surface area contributed by atoms with Gasteiger partial charge in [-0.15, -0.1) is 0 Å². The lowest BCUT2D eigenvalue weighted by Gasteiger charge is -2.39. The van der Waals surface area contributed by atoms with Crippen molar-refractivity contribution in [1.82, 2.24) is 9.62 Å². The van der Waals surface area contributed by atoms with Gasteiger partial charge in [0.25, 0.3) is 0 Å². The zero-order valence-corrected chi connectivity index (χ0v) is 12.9. The minimum Gasteiger partial charge on any atom is -0.755 e. The molecule has 0 aromatic carbocycles. The molecule has 1 N–H and O–H groups in total. The molecule has 112 valence electrons. The van der Waals surface area contributed by atoms with Crippen molar-refractivity contribution in [2.45, 2.75) is 39.3 Å². The molecule has 0 aromatic rings. The summed E-state index contributed by atoms with van der Waals surface area (Å²) in [6.45, 7) is 9.08. The molecule has 5 nitrogen and oxygen atoms in total. The highest BCUT2D eigenvalue weighted by Gasteiger charge is 2.28. The van der Waals surface area contributed by atoms with Crippen LogP contribution in [-0.4, -0.2) is 37.5 Å². The molecule has 0 saturated carbocycles. The highest BCUT2D eigenvalue weighted by atomic mass is 32.2. The Morgan fingerprint density at radius 2 is 2.30 bits per heavy atom. The van der Waals surface area contributed by atoms with Crippen molar-refractivity contribution in [3.05, 3.63) is 36.1 Å². The van der Waals surface area contributed by atoms with Gasteiger partial charge in [0.1, 0.15) is 5.78 Å². The first-order valence-electron chi connectivity index (χ1n) is 6.52. The van der Waals surface area contributed by atoms with E-state index in [2.05, 4.69) is 11.9 Å². The minimum absolute atomic E-state index is 0.0332. The Kier molecular flexibility index (Phi) is 6.32. The van der Waals surface area contributed by atoms with E-state index in [-0.39, 0.29) is 17.9 Å². The fourth-order valence-corrected chi connectivity index (χ4v) is 2.93. The van der Waals surface area contributed by atoms with Gasteiger partial charge in [-0.25, -0.2) is 0 Å². The predicted octanol–water partition coefficient (Wildman–Crippen LogP) is 1.44. The average molecular weight is 297 g/mol. The minimum atomic E-state index is -2.34. The van der Waals surface area contributed by atoms with Crippen LogP contribution in [0.5, 0.6) is 0 Å². The van der Waals surface area contributed by atoms with E-state index in [1.165, 1.54) is 11.2 Å². The zero-order valence-electron chi connectivity index (χ0n) is 12.1. The second kappa shape index (κ2) is 7.52. The maximum Gasteiger partial charge on any atom is 0.146 e. The Morgan fingerprint density at radius 3 is 2.75 bits per heavy atom. The third kappa shape index (κ3) is 4.13. The SMILES string of the molecule is C=C/C=C1/C[C@@H](NC(C)C(C)=O)CN(S(=O)[O-])/C1=C/C. The number of carbonyl (C=O) groups is 1. The molecule has 0 aromatic heterocycles. The number of piperidine rings is 1. The first kappa shape index (κ1) is 16.8. The van der Waals surface area contributed by atoms with Gasteiger partial charge in [-0.3, -0.25) is 9.00 Å². The topological polar surface area (TPSA) is 72.5 Å². The third-order valence-corrected chi connectivity index (χ3v) is 4.02. The Hall–Kier alpha value is -1.24. The summed E-state index contributed by atoms with van der Waals surface area (Å²) < 4.78 is 24.1. The summed E-state index contributed by atoms with van der Waals surface area (Å²) in [7, 11) is 0. The average Bonchev–Trinajstić information content (AvgIpc) is 2.38. The molecule has 1 fully saturated rings. The summed E-state index contributed by atoms with van der Waals surface area (Å²) in [4.78, 5) is 11.3. The molecule has 1 heterocycles. The third-order valence-electron chi connectivity index (χ3n) is 3.32. The van der Waals surface area contributed by atoms with Crippen LogP contribution in [0.3, 0.4) is 0 Å². The Morgan fingerprint density at radius 1 is 1.65 bits per heavy atom. The molecular formula is C14H21N2O3S-. The van der Waals surface area contributed by atoms with E-state index in [4.69, 9.17) is 0 Å². The van der Waals surface area contributed by atoms with Crippen LogP contribution in [0.25, 0.3) is 0 Å². The number of Topliss-reactive ketones (excluding diaryl/α,β-unsaturated/α-hetero) is 1. The van der Waals surface area contributed by atoms with Crippen LogP contribution in [-0.2, 0) is 16.1 Å². The number of nitrogens with zero attached hydrogens (tertiary/aromatic N) is 1. The fourth-order valence-electron chi connectivity index (χ4n) is 2.24. The maximum atomic E-state index is 11.4. The van der Waals surface area contributed by atoms with E-state index >= 15 is 0 Å². The lowest BCUT2D eigenvalue weighted by atomic mass is 9.96. The maximum absolute atomic E-state index is 11.4. The van der Waals surface area contributed by atoms with Crippen molar-refractivity contribution in [2.75, 3.05) is 6.54 Å². The van der Waals surface area contributed by atoms with E-state index in [9.17, 15) is 13.6 Å². The fraction of sp³-hybridized carbons (Fsp3) is 0.500. The van der Waals surface area contributed by atoms with Gasteiger partial charge in [0.2, 0.25) is 0 Å². The number of allylic oxidation sites excluding steroid dienone is 4. The summed E-state index contributed by atoms with van der Waals surface area (Å²) in [5.74, 6) is 0.0332. The largest absolute Gasteiger partial charge is 0.755 e. The molecule has 0 bridgehead atoms. The van der Waals surface area contributed by atoms with E-state index in [1.54, 1.807) is 26.0 Å². The molecule has 0 spiro atoms. The van der Waals surface area contributed by atoms with Gasteiger partial charge in [-0.2, -0.15) is 0 Å². The number of hydrogen-bond donors (Lipinski definition) is 1. The van der Waals surface area contributed by atoms with Gasteiger partial charge in [-0.05, 0) is 32.8 Å². The Labute approximate surface area is 122 Å². The normalized spacial score (nSPS) is 26.6. The molecular weight excluding hydrogens is 276 g/mol. The molecule has 1 aliphatic heterocycles. The summed E-state index contributed by atoms with van der Waals surface area (Å²) in [5.41, 5.74) is 1.57. The number of nitrogens with one attached hydrogen (secondary N) is 1. The molecule has 0 amide bonds. The van der Waals surface area contributed by atoms with Gasteiger partial charge in [0.15, 0.2) is 0 Å². The Bertz CT molecular complexity index is 471. The predicted molar refractivity (Wildman–Crippen MR) is 79.3 cm³/mol. The van der Waals surface area contributed by atoms with Crippen LogP contribution < -0.4 is 5.32 Å². The first-order valence-corrected chi connectivity index (χ1v) is 7.55. The number of rotatable bonds is 5. The van der Waals surface area contributed by atoms with Crippen molar-refractivity contribution in [3.63, 3.8) is 0 Å². The van der Waals surface area contributed by atoms with Crippen molar-refractivity contribution < 1.29 is 13.6 Å². The van der Waals surface area contributed by atoms with Crippen LogP contribution in [0.15, 0.2) is 36.1 Å². The van der Waals surface area contributed by atoms with Gasteiger partial charge < -0.3 is 14.2 Å². The quantitative estimate of drug-likeness (QED) is 0.779. The van der Waals surface area contributed by atoms with Crippen LogP contribution in [0, 0.1) is 0 Å². The molecule has 20 heavy (non-hydrogen) atoms. The number of hydrogen-bond acceptors (Lipinski definition) is 4. The lowest BCUT2D eigenvalue weighted by molar-refractivity contribution is -0.118. The molecule has 1 aliphatic rings. The van der Waals surface area contributed by atoms with E-state index in [0.717, 1.165) is 5.57 Å². The second-order valence-corrected chi connectivity index (χ2v) is 5.65. The van der Waals surface area contributed by atoms with Crippen LogP contribution in [0.4, 0.5) is 0 Å². The molecule has 2 unspecified atom stereocenters. The number of carbonyl (C=O) groups excluding carboxylic acids is 1. The summed E-state index contributed by atoms with van der Waals surface area (Å²) in [5, 5.41) is 3.17. The van der Waals surface area contributed by atoms with Crippen molar-refractivity contribution >= 4 is 17.0 Å². The molecule has 6 heteroatoms. The van der Waals surface area contributed by atoms with Gasteiger partial charge in [0.05, 0.1) is 6.04 Å². The summed E-state index contributed by atoms with van der Waals surface area (Å²) >= 11 is -2.34.